The van der Waals surface area contributed by atoms with E-state index in [1.54, 1.807) is 6.07 Å². The maximum atomic E-state index is 13.8. The van der Waals surface area contributed by atoms with Crippen LogP contribution in [0.15, 0.2) is 47.5 Å². The number of nitrogens with zero attached hydrogens (tertiary/aromatic N) is 2. The van der Waals surface area contributed by atoms with Crippen LogP contribution in [0, 0.1) is 5.82 Å². The van der Waals surface area contributed by atoms with Gasteiger partial charge in [-0.05, 0) is 55.9 Å². The molecule has 0 spiro atoms. The van der Waals surface area contributed by atoms with Crippen molar-refractivity contribution in [1.82, 2.24) is 4.90 Å². The highest BCUT2D eigenvalue weighted by Gasteiger charge is 2.05. The molecule has 24 heavy (non-hydrogen) atoms. The second-order valence-electron chi connectivity index (χ2n) is 6.04. The SMILES string of the molecule is CCc1cccc(NC(N)=NCc2ccc(F)c(CN(C)C)c2)c1. The molecule has 4 nitrogen and oxygen atoms in total. The van der Waals surface area contributed by atoms with E-state index >= 15 is 0 Å². The quantitative estimate of drug-likeness (QED) is 0.631. The molecule has 0 bridgehead atoms. The first kappa shape index (κ1) is 17.9. The van der Waals surface area contributed by atoms with Crippen LogP contribution in [-0.2, 0) is 19.5 Å². The zero-order valence-electron chi connectivity index (χ0n) is 14.5. The van der Waals surface area contributed by atoms with Gasteiger partial charge in [0.25, 0.3) is 0 Å². The van der Waals surface area contributed by atoms with Crippen LogP contribution in [0.4, 0.5) is 10.1 Å². The molecule has 0 heterocycles. The molecule has 0 radical (unpaired) electrons. The van der Waals surface area contributed by atoms with Crippen LogP contribution in [0.25, 0.3) is 0 Å². The molecule has 0 amide bonds. The van der Waals surface area contributed by atoms with Crippen LogP contribution in [0.5, 0.6) is 0 Å². The van der Waals surface area contributed by atoms with Crippen molar-refractivity contribution in [2.75, 3.05) is 19.4 Å². The lowest BCUT2D eigenvalue weighted by molar-refractivity contribution is 0.392. The lowest BCUT2D eigenvalue weighted by Gasteiger charge is -2.12. The number of nitrogens with two attached hydrogens (primary N) is 1. The Balaban J connectivity index is 2.03. The highest BCUT2D eigenvalue weighted by Crippen LogP contribution is 2.14. The lowest BCUT2D eigenvalue weighted by atomic mass is 10.1. The fourth-order valence-electron chi connectivity index (χ4n) is 2.42. The van der Waals surface area contributed by atoms with E-state index < -0.39 is 0 Å². The van der Waals surface area contributed by atoms with Crippen molar-refractivity contribution < 1.29 is 4.39 Å². The number of aliphatic imine (C=N–C) groups is 1. The number of benzene rings is 2. The molecular formula is C19H25FN4. The molecule has 0 saturated heterocycles. The van der Waals surface area contributed by atoms with Crippen LogP contribution < -0.4 is 11.1 Å². The monoisotopic (exact) mass is 328 g/mol. The first-order valence-corrected chi connectivity index (χ1v) is 8.06. The predicted octanol–water partition coefficient (Wildman–Crippen LogP) is 3.38. The first-order chi connectivity index (χ1) is 11.5. The lowest BCUT2D eigenvalue weighted by Crippen LogP contribution is -2.22. The van der Waals surface area contributed by atoms with E-state index in [0.717, 1.165) is 17.7 Å². The smallest absolute Gasteiger partial charge is 0.193 e. The van der Waals surface area contributed by atoms with Crippen molar-refractivity contribution in [3.05, 3.63) is 65.0 Å². The summed E-state index contributed by atoms with van der Waals surface area (Å²) in [5.41, 5.74) is 9.70. The average molecular weight is 328 g/mol. The summed E-state index contributed by atoms with van der Waals surface area (Å²) in [7, 11) is 3.83. The minimum atomic E-state index is -0.195. The Morgan fingerprint density at radius 1 is 1.17 bits per heavy atom. The Morgan fingerprint density at radius 3 is 2.67 bits per heavy atom. The molecule has 0 aromatic heterocycles. The van der Waals surface area contributed by atoms with Crippen molar-refractivity contribution in [2.45, 2.75) is 26.4 Å². The zero-order valence-corrected chi connectivity index (χ0v) is 14.5. The van der Waals surface area contributed by atoms with Gasteiger partial charge in [-0.3, -0.25) is 0 Å². The number of nitrogens with one attached hydrogen (secondary N) is 1. The Labute approximate surface area is 143 Å². The molecule has 2 aromatic carbocycles. The molecule has 0 aliphatic heterocycles. The Morgan fingerprint density at radius 2 is 1.96 bits per heavy atom. The van der Waals surface area contributed by atoms with Gasteiger partial charge in [0, 0.05) is 17.8 Å². The molecule has 128 valence electrons. The van der Waals surface area contributed by atoms with Gasteiger partial charge in [0.1, 0.15) is 5.82 Å². The fraction of sp³-hybridized carbons (Fsp3) is 0.316. The van der Waals surface area contributed by atoms with Gasteiger partial charge in [-0.2, -0.15) is 0 Å². The molecule has 2 rings (SSSR count). The minimum Gasteiger partial charge on any atom is -0.370 e. The summed E-state index contributed by atoms with van der Waals surface area (Å²) in [4.78, 5) is 6.28. The number of anilines is 1. The van der Waals surface area contributed by atoms with E-state index in [1.807, 2.05) is 37.2 Å². The molecule has 3 N–H and O–H groups in total. The summed E-state index contributed by atoms with van der Waals surface area (Å²) in [5.74, 6) is 0.153. The molecule has 5 heteroatoms. The van der Waals surface area contributed by atoms with Gasteiger partial charge in [-0.15, -0.1) is 0 Å². The second kappa shape index (κ2) is 8.45. The summed E-state index contributed by atoms with van der Waals surface area (Å²) in [6.45, 7) is 3.07. The normalized spacial score (nSPS) is 11.8. The number of hydrogen-bond acceptors (Lipinski definition) is 2. The van der Waals surface area contributed by atoms with E-state index in [2.05, 4.69) is 29.4 Å². The molecular weight excluding hydrogens is 303 g/mol. The summed E-state index contributed by atoms with van der Waals surface area (Å²) in [6, 6.07) is 13.1. The number of aryl methyl sites for hydroxylation is 1. The molecule has 0 unspecified atom stereocenters. The summed E-state index contributed by atoms with van der Waals surface area (Å²) >= 11 is 0. The van der Waals surface area contributed by atoms with Gasteiger partial charge in [0.2, 0.25) is 0 Å². The Hall–Kier alpha value is -2.40. The highest BCUT2D eigenvalue weighted by molar-refractivity contribution is 5.92. The van der Waals surface area contributed by atoms with Crippen molar-refractivity contribution in [3.63, 3.8) is 0 Å². The predicted molar refractivity (Wildman–Crippen MR) is 98.6 cm³/mol. The van der Waals surface area contributed by atoms with Crippen LogP contribution in [-0.4, -0.2) is 25.0 Å². The maximum absolute atomic E-state index is 13.8. The summed E-state index contributed by atoms with van der Waals surface area (Å²) < 4.78 is 13.8. The van der Waals surface area contributed by atoms with Gasteiger partial charge < -0.3 is 16.0 Å². The topological polar surface area (TPSA) is 53.6 Å². The molecule has 0 aliphatic rings. The summed E-state index contributed by atoms with van der Waals surface area (Å²) in [5, 5.41) is 3.09. The van der Waals surface area contributed by atoms with Crippen LogP contribution >= 0.6 is 0 Å². The van der Waals surface area contributed by atoms with E-state index in [4.69, 9.17) is 5.73 Å². The number of halogens is 1. The largest absolute Gasteiger partial charge is 0.370 e. The molecule has 0 aliphatic carbocycles. The van der Waals surface area contributed by atoms with Gasteiger partial charge in [-0.1, -0.05) is 25.1 Å². The van der Waals surface area contributed by atoms with Crippen molar-refractivity contribution in [1.29, 1.82) is 0 Å². The minimum absolute atomic E-state index is 0.195. The Kier molecular flexibility index (Phi) is 6.32. The number of hydrogen-bond donors (Lipinski definition) is 2. The maximum Gasteiger partial charge on any atom is 0.193 e. The third-order valence-corrected chi connectivity index (χ3v) is 3.64. The number of rotatable bonds is 6. The molecule has 2 aromatic rings. The standard InChI is InChI=1S/C19H25FN4/c1-4-14-6-5-7-17(11-14)23-19(21)22-12-15-8-9-18(20)16(10-15)13-24(2)3/h5-11H,4,12-13H2,1-3H3,(H3,21,22,23). The van der Waals surface area contributed by atoms with Gasteiger partial charge >= 0.3 is 0 Å². The van der Waals surface area contributed by atoms with Crippen molar-refractivity contribution in [2.24, 2.45) is 10.7 Å². The van der Waals surface area contributed by atoms with Crippen LogP contribution in [0.3, 0.4) is 0 Å². The van der Waals surface area contributed by atoms with E-state index in [1.165, 1.54) is 11.6 Å². The van der Waals surface area contributed by atoms with Crippen molar-refractivity contribution >= 4 is 11.6 Å². The molecule has 0 fully saturated rings. The van der Waals surface area contributed by atoms with Crippen molar-refractivity contribution in [3.8, 4) is 0 Å². The zero-order chi connectivity index (χ0) is 17.5. The number of guanidine groups is 1. The van der Waals surface area contributed by atoms with Gasteiger partial charge in [0.05, 0.1) is 6.54 Å². The third kappa shape index (κ3) is 5.35. The first-order valence-electron chi connectivity index (χ1n) is 8.06. The van der Waals surface area contributed by atoms with Gasteiger partial charge in [-0.25, -0.2) is 9.38 Å². The van der Waals surface area contributed by atoms with E-state index in [-0.39, 0.29) is 5.82 Å². The summed E-state index contributed by atoms with van der Waals surface area (Å²) in [6.07, 6.45) is 0.969. The average Bonchev–Trinajstić information content (AvgIpc) is 2.55. The van der Waals surface area contributed by atoms with Crippen LogP contribution in [0.2, 0.25) is 0 Å². The molecule has 0 atom stereocenters. The van der Waals surface area contributed by atoms with E-state index in [9.17, 15) is 4.39 Å². The van der Waals surface area contributed by atoms with Gasteiger partial charge in [0.15, 0.2) is 5.96 Å². The second-order valence-corrected chi connectivity index (χ2v) is 6.04. The van der Waals surface area contributed by atoms with E-state index in [0.29, 0.717) is 24.6 Å². The third-order valence-electron chi connectivity index (χ3n) is 3.64. The Bertz CT molecular complexity index is 710. The highest BCUT2D eigenvalue weighted by atomic mass is 19.1. The molecule has 0 saturated carbocycles. The van der Waals surface area contributed by atoms with Crippen LogP contribution in [0.1, 0.15) is 23.6 Å². The fourth-order valence-corrected chi connectivity index (χ4v) is 2.42.